The van der Waals surface area contributed by atoms with Crippen molar-refractivity contribution in [2.24, 2.45) is 0 Å². The van der Waals surface area contributed by atoms with Crippen LogP contribution in [0.4, 0.5) is 0 Å². The van der Waals surface area contributed by atoms with Crippen molar-refractivity contribution in [3.63, 3.8) is 0 Å². The van der Waals surface area contributed by atoms with E-state index in [2.05, 4.69) is 10.6 Å². The third kappa shape index (κ3) is 2.97. The largest absolute Gasteiger partial charge is 0.507 e. The molecule has 1 heterocycles. The lowest BCUT2D eigenvalue weighted by atomic mass is 10.1. The molecule has 3 N–H and O–H groups in total. The predicted octanol–water partition coefficient (Wildman–Crippen LogP) is 1.18. The Morgan fingerprint density at radius 3 is 2.82 bits per heavy atom. The Hall–Kier alpha value is -1.55. The van der Waals surface area contributed by atoms with Gasteiger partial charge >= 0.3 is 0 Å². The average molecular weight is 234 g/mol. The molecule has 0 spiro atoms. The highest BCUT2D eigenvalue weighted by Gasteiger charge is 2.18. The van der Waals surface area contributed by atoms with Gasteiger partial charge in [-0.15, -0.1) is 0 Å². The van der Waals surface area contributed by atoms with Crippen molar-refractivity contribution in [1.29, 1.82) is 0 Å². The number of piperidine rings is 1. The summed E-state index contributed by atoms with van der Waals surface area (Å²) in [4.78, 5) is 12.0. The molecular weight excluding hydrogens is 216 g/mol. The van der Waals surface area contributed by atoms with Crippen molar-refractivity contribution in [2.75, 3.05) is 13.1 Å². The van der Waals surface area contributed by atoms with E-state index < -0.39 is 0 Å². The Balaban J connectivity index is 2.05. The van der Waals surface area contributed by atoms with E-state index in [0.717, 1.165) is 31.5 Å². The van der Waals surface area contributed by atoms with Crippen LogP contribution in [0.2, 0.25) is 0 Å². The van der Waals surface area contributed by atoms with E-state index in [9.17, 15) is 9.90 Å². The Bertz CT molecular complexity index is 412. The zero-order valence-electron chi connectivity index (χ0n) is 9.99. The van der Waals surface area contributed by atoms with Gasteiger partial charge in [0, 0.05) is 6.04 Å². The topological polar surface area (TPSA) is 61.4 Å². The molecule has 1 amide bonds. The molecule has 0 radical (unpaired) electrons. The van der Waals surface area contributed by atoms with Crippen molar-refractivity contribution in [2.45, 2.75) is 25.8 Å². The van der Waals surface area contributed by atoms with Crippen molar-refractivity contribution >= 4 is 5.91 Å². The molecule has 4 nitrogen and oxygen atoms in total. The van der Waals surface area contributed by atoms with Crippen LogP contribution in [-0.4, -0.2) is 30.1 Å². The van der Waals surface area contributed by atoms with Crippen LogP contribution in [0.1, 0.15) is 28.8 Å². The molecule has 0 bridgehead atoms. The number of rotatable bonds is 2. The van der Waals surface area contributed by atoms with E-state index in [1.807, 2.05) is 6.92 Å². The maximum absolute atomic E-state index is 12.0. The first-order valence-corrected chi connectivity index (χ1v) is 5.98. The highest BCUT2D eigenvalue weighted by Crippen LogP contribution is 2.18. The summed E-state index contributed by atoms with van der Waals surface area (Å²) >= 11 is 0. The van der Waals surface area contributed by atoms with Crippen molar-refractivity contribution in [3.05, 3.63) is 29.3 Å². The Morgan fingerprint density at radius 1 is 1.41 bits per heavy atom. The highest BCUT2D eigenvalue weighted by atomic mass is 16.3. The summed E-state index contributed by atoms with van der Waals surface area (Å²) in [5.74, 6) is -0.139. The molecule has 17 heavy (non-hydrogen) atoms. The predicted molar refractivity (Wildman–Crippen MR) is 66.2 cm³/mol. The summed E-state index contributed by atoms with van der Waals surface area (Å²) in [5, 5.41) is 15.9. The normalized spacial score (nSPS) is 16.8. The number of nitrogens with one attached hydrogen (secondary N) is 2. The Labute approximate surface area is 101 Å². The molecule has 0 saturated carbocycles. The summed E-state index contributed by atoms with van der Waals surface area (Å²) in [6, 6.07) is 5.28. The maximum Gasteiger partial charge on any atom is 0.255 e. The summed E-state index contributed by atoms with van der Waals surface area (Å²) < 4.78 is 0. The number of carbonyl (C=O) groups is 1. The van der Waals surface area contributed by atoms with Crippen LogP contribution in [0, 0.1) is 6.92 Å². The second-order valence-corrected chi connectivity index (χ2v) is 4.52. The van der Waals surface area contributed by atoms with E-state index >= 15 is 0 Å². The van der Waals surface area contributed by atoms with Gasteiger partial charge in [-0.3, -0.25) is 4.79 Å². The number of phenols is 1. The minimum absolute atomic E-state index is 0.0436. The number of hydrogen-bond donors (Lipinski definition) is 3. The smallest absolute Gasteiger partial charge is 0.255 e. The average Bonchev–Trinajstić information content (AvgIpc) is 2.33. The van der Waals surface area contributed by atoms with Crippen LogP contribution < -0.4 is 10.6 Å². The molecule has 1 aliphatic rings. The van der Waals surface area contributed by atoms with Crippen LogP contribution in [-0.2, 0) is 0 Å². The van der Waals surface area contributed by atoms with Gasteiger partial charge in [0.05, 0.1) is 5.56 Å². The molecule has 0 unspecified atom stereocenters. The number of aromatic hydroxyl groups is 1. The van der Waals surface area contributed by atoms with Crippen LogP contribution in [0.25, 0.3) is 0 Å². The quantitative estimate of drug-likeness (QED) is 0.720. The Kier molecular flexibility index (Phi) is 3.64. The number of carbonyl (C=O) groups excluding carboxylic acids is 1. The summed E-state index contributed by atoms with van der Waals surface area (Å²) in [6.45, 7) is 3.77. The summed E-state index contributed by atoms with van der Waals surface area (Å²) in [7, 11) is 0. The van der Waals surface area contributed by atoms with E-state index in [1.165, 1.54) is 0 Å². The van der Waals surface area contributed by atoms with Gasteiger partial charge in [-0.05, 0) is 45.0 Å². The van der Waals surface area contributed by atoms with E-state index in [1.54, 1.807) is 18.2 Å². The lowest BCUT2D eigenvalue weighted by Crippen LogP contribution is -2.42. The highest BCUT2D eigenvalue weighted by molar-refractivity contribution is 5.97. The van der Waals surface area contributed by atoms with Gasteiger partial charge in [0.2, 0.25) is 0 Å². The molecule has 0 atom stereocenters. The maximum atomic E-state index is 12.0. The third-order valence-electron chi connectivity index (χ3n) is 3.07. The van der Waals surface area contributed by atoms with Gasteiger partial charge in [0.15, 0.2) is 0 Å². The fraction of sp³-hybridized carbons (Fsp3) is 0.462. The number of hydrogen-bond acceptors (Lipinski definition) is 3. The lowest BCUT2D eigenvalue weighted by Gasteiger charge is -2.23. The monoisotopic (exact) mass is 234 g/mol. The molecule has 1 aromatic rings. The minimum atomic E-state index is -0.182. The molecule has 92 valence electrons. The van der Waals surface area contributed by atoms with Crippen molar-refractivity contribution in [3.8, 4) is 5.75 Å². The standard InChI is InChI=1S/C13H18N2O2/c1-9-2-3-12(16)11(8-9)13(17)15-10-4-6-14-7-5-10/h2-3,8,10,14,16H,4-7H2,1H3,(H,15,17). The van der Waals surface area contributed by atoms with E-state index in [4.69, 9.17) is 0 Å². The zero-order valence-corrected chi connectivity index (χ0v) is 9.99. The van der Waals surface area contributed by atoms with Crippen molar-refractivity contribution in [1.82, 2.24) is 10.6 Å². The molecule has 1 aliphatic heterocycles. The summed E-state index contributed by atoms with van der Waals surface area (Å²) in [6.07, 6.45) is 1.89. The molecule has 4 heteroatoms. The third-order valence-corrected chi connectivity index (χ3v) is 3.07. The Morgan fingerprint density at radius 2 is 2.12 bits per heavy atom. The lowest BCUT2D eigenvalue weighted by molar-refractivity contribution is 0.0927. The van der Waals surface area contributed by atoms with E-state index in [-0.39, 0.29) is 17.7 Å². The fourth-order valence-electron chi connectivity index (χ4n) is 2.06. The van der Waals surface area contributed by atoms with Gasteiger partial charge in [-0.2, -0.15) is 0 Å². The van der Waals surface area contributed by atoms with Gasteiger partial charge in [0.25, 0.3) is 5.91 Å². The molecule has 1 fully saturated rings. The molecule has 1 saturated heterocycles. The first-order valence-electron chi connectivity index (χ1n) is 5.98. The minimum Gasteiger partial charge on any atom is -0.507 e. The van der Waals surface area contributed by atoms with Gasteiger partial charge < -0.3 is 15.7 Å². The number of phenolic OH excluding ortho intramolecular Hbond substituents is 1. The zero-order chi connectivity index (χ0) is 12.3. The van der Waals surface area contributed by atoms with Crippen LogP contribution >= 0.6 is 0 Å². The fourth-order valence-corrected chi connectivity index (χ4v) is 2.06. The molecular formula is C13H18N2O2. The van der Waals surface area contributed by atoms with Crippen molar-refractivity contribution < 1.29 is 9.90 Å². The van der Waals surface area contributed by atoms with Gasteiger partial charge in [0.1, 0.15) is 5.75 Å². The molecule has 0 aromatic heterocycles. The molecule has 0 aliphatic carbocycles. The summed E-state index contributed by atoms with van der Waals surface area (Å²) in [5.41, 5.74) is 1.33. The van der Waals surface area contributed by atoms with E-state index in [0.29, 0.717) is 5.56 Å². The molecule has 1 aromatic carbocycles. The number of aryl methyl sites for hydroxylation is 1. The first-order chi connectivity index (χ1) is 8.16. The number of amides is 1. The number of benzene rings is 1. The van der Waals surface area contributed by atoms with Gasteiger partial charge in [-0.25, -0.2) is 0 Å². The first kappa shape index (κ1) is 11.9. The molecule has 2 rings (SSSR count). The van der Waals surface area contributed by atoms with Gasteiger partial charge in [-0.1, -0.05) is 11.6 Å². The SMILES string of the molecule is Cc1ccc(O)c(C(=O)NC2CCNCC2)c1. The van der Waals surface area contributed by atoms with Crippen LogP contribution in [0.5, 0.6) is 5.75 Å². The van der Waals surface area contributed by atoms with Crippen LogP contribution in [0.15, 0.2) is 18.2 Å². The second kappa shape index (κ2) is 5.19. The second-order valence-electron chi connectivity index (χ2n) is 4.52. The van der Waals surface area contributed by atoms with Crippen LogP contribution in [0.3, 0.4) is 0 Å².